The summed E-state index contributed by atoms with van der Waals surface area (Å²) in [6.07, 6.45) is 3.66. The lowest BCUT2D eigenvalue weighted by molar-refractivity contribution is 0.826. The lowest BCUT2D eigenvalue weighted by atomic mass is 10.0. The van der Waals surface area contributed by atoms with Crippen LogP contribution in [0, 0.1) is 0 Å². The molecule has 0 aliphatic heterocycles. The highest BCUT2D eigenvalue weighted by atomic mass is 14.6. The molecule has 0 spiro atoms. The average molecular weight is 172 g/mol. The first-order chi connectivity index (χ1) is 6.29. The number of benzene rings is 1. The summed E-state index contributed by atoms with van der Waals surface area (Å²) in [6, 6.07) is 8.21. The van der Waals surface area contributed by atoms with Crippen molar-refractivity contribution in [3.8, 4) is 0 Å². The van der Waals surface area contributed by atoms with Gasteiger partial charge in [-0.2, -0.15) is 0 Å². The standard InChI is InChI=1S/C11H12N2/c1-8(12)10-4-2-3-9-7-13-6-5-11(9)10/h2-8H,12H2,1H3. The van der Waals surface area contributed by atoms with Gasteiger partial charge in [-0.15, -0.1) is 0 Å². The fraction of sp³-hybridized carbons (Fsp3) is 0.182. The third kappa shape index (κ3) is 1.40. The average Bonchev–Trinajstić information content (AvgIpc) is 2.17. The summed E-state index contributed by atoms with van der Waals surface area (Å²) in [4.78, 5) is 4.07. The van der Waals surface area contributed by atoms with Crippen molar-refractivity contribution in [3.05, 3.63) is 42.2 Å². The summed E-state index contributed by atoms with van der Waals surface area (Å²) in [5.41, 5.74) is 7.04. The van der Waals surface area contributed by atoms with Crippen LogP contribution in [0.1, 0.15) is 18.5 Å². The van der Waals surface area contributed by atoms with Gasteiger partial charge in [-0.25, -0.2) is 0 Å². The minimum Gasteiger partial charge on any atom is -0.324 e. The Balaban J connectivity index is 2.76. The van der Waals surface area contributed by atoms with Crippen molar-refractivity contribution in [2.24, 2.45) is 5.73 Å². The maximum absolute atomic E-state index is 5.86. The Hall–Kier alpha value is -1.41. The second-order valence-electron chi connectivity index (χ2n) is 3.23. The zero-order chi connectivity index (χ0) is 9.26. The molecule has 2 nitrogen and oxygen atoms in total. The van der Waals surface area contributed by atoms with Crippen molar-refractivity contribution in [1.82, 2.24) is 4.98 Å². The maximum Gasteiger partial charge on any atom is 0.0346 e. The number of fused-ring (bicyclic) bond motifs is 1. The van der Waals surface area contributed by atoms with Gasteiger partial charge in [0.1, 0.15) is 0 Å². The molecule has 13 heavy (non-hydrogen) atoms. The van der Waals surface area contributed by atoms with Crippen LogP contribution in [0.25, 0.3) is 10.8 Å². The van der Waals surface area contributed by atoms with E-state index in [-0.39, 0.29) is 6.04 Å². The smallest absolute Gasteiger partial charge is 0.0346 e. The molecule has 0 saturated carbocycles. The molecule has 2 rings (SSSR count). The molecule has 2 heteroatoms. The van der Waals surface area contributed by atoms with Gasteiger partial charge in [0, 0.05) is 23.8 Å². The monoisotopic (exact) mass is 172 g/mol. The molecule has 2 N–H and O–H groups in total. The van der Waals surface area contributed by atoms with E-state index in [0.29, 0.717) is 0 Å². The van der Waals surface area contributed by atoms with Crippen LogP contribution in [0.5, 0.6) is 0 Å². The van der Waals surface area contributed by atoms with Crippen LogP contribution in [0.3, 0.4) is 0 Å². The Morgan fingerprint density at radius 2 is 2.15 bits per heavy atom. The fourth-order valence-electron chi connectivity index (χ4n) is 1.54. The Morgan fingerprint density at radius 3 is 2.92 bits per heavy atom. The normalized spacial score (nSPS) is 13.1. The van der Waals surface area contributed by atoms with Gasteiger partial charge in [0.2, 0.25) is 0 Å². The van der Waals surface area contributed by atoms with Gasteiger partial charge >= 0.3 is 0 Å². The molecule has 0 amide bonds. The molecule has 1 atom stereocenters. The van der Waals surface area contributed by atoms with Crippen LogP contribution in [0.4, 0.5) is 0 Å². The van der Waals surface area contributed by atoms with Crippen LogP contribution < -0.4 is 5.73 Å². The molecule has 0 saturated heterocycles. The van der Waals surface area contributed by atoms with Crippen LogP contribution in [-0.4, -0.2) is 4.98 Å². The van der Waals surface area contributed by atoms with Crippen molar-refractivity contribution in [3.63, 3.8) is 0 Å². The second kappa shape index (κ2) is 3.15. The molecule has 1 unspecified atom stereocenters. The quantitative estimate of drug-likeness (QED) is 0.716. The van der Waals surface area contributed by atoms with Crippen molar-refractivity contribution in [1.29, 1.82) is 0 Å². The predicted molar refractivity (Wildman–Crippen MR) is 54.3 cm³/mol. The summed E-state index contributed by atoms with van der Waals surface area (Å²) in [7, 11) is 0. The number of hydrogen-bond donors (Lipinski definition) is 1. The van der Waals surface area contributed by atoms with Gasteiger partial charge in [-0.05, 0) is 23.9 Å². The van der Waals surface area contributed by atoms with Gasteiger partial charge in [0.05, 0.1) is 0 Å². The van der Waals surface area contributed by atoms with E-state index in [1.807, 2.05) is 31.3 Å². The maximum atomic E-state index is 5.86. The van der Waals surface area contributed by atoms with Crippen molar-refractivity contribution >= 4 is 10.8 Å². The summed E-state index contributed by atoms with van der Waals surface area (Å²) in [5, 5.41) is 2.35. The predicted octanol–water partition coefficient (Wildman–Crippen LogP) is 2.25. The zero-order valence-corrected chi connectivity index (χ0v) is 7.57. The molecule has 0 bridgehead atoms. The minimum absolute atomic E-state index is 0.0751. The van der Waals surface area contributed by atoms with E-state index in [2.05, 4.69) is 11.1 Å². The highest BCUT2D eigenvalue weighted by Crippen LogP contribution is 2.21. The zero-order valence-electron chi connectivity index (χ0n) is 7.57. The van der Waals surface area contributed by atoms with Gasteiger partial charge in [0.15, 0.2) is 0 Å². The first-order valence-corrected chi connectivity index (χ1v) is 4.37. The summed E-state index contributed by atoms with van der Waals surface area (Å²) in [6.45, 7) is 2.00. The third-order valence-electron chi connectivity index (χ3n) is 2.21. The summed E-state index contributed by atoms with van der Waals surface area (Å²) < 4.78 is 0. The van der Waals surface area contributed by atoms with Gasteiger partial charge in [-0.1, -0.05) is 18.2 Å². The molecule has 66 valence electrons. The van der Waals surface area contributed by atoms with E-state index < -0.39 is 0 Å². The van der Waals surface area contributed by atoms with E-state index in [4.69, 9.17) is 5.73 Å². The second-order valence-corrected chi connectivity index (χ2v) is 3.23. The summed E-state index contributed by atoms with van der Waals surface area (Å²) in [5.74, 6) is 0. The van der Waals surface area contributed by atoms with Crippen LogP contribution in [0.2, 0.25) is 0 Å². The minimum atomic E-state index is 0.0751. The highest BCUT2D eigenvalue weighted by molar-refractivity contribution is 5.85. The van der Waals surface area contributed by atoms with Crippen LogP contribution in [-0.2, 0) is 0 Å². The number of hydrogen-bond acceptors (Lipinski definition) is 2. The molecule has 0 radical (unpaired) electrons. The molecule has 2 aromatic rings. The fourth-order valence-corrected chi connectivity index (χ4v) is 1.54. The number of nitrogens with two attached hydrogens (primary N) is 1. The number of pyridine rings is 1. The van der Waals surface area contributed by atoms with Crippen LogP contribution >= 0.6 is 0 Å². The third-order valence-corrected chi connectivity index (χ3v) is 2.21. The SMILES string of the molecule is CC(N)c1cccc2cnccc12. The first-order valence-electron chi connectivity index (χ1n) is 4.37. The molecular weight excluding hydrogens is 160 g/mol. The Labute approximate surface area is 77.4 Å². The van der Waals surface area contributed by atoms with Gasteiger partial charge in [-0.3, -0.25) is 4.98 Å². The Kier molecular flexibility index (Phi) is 1.99. The van der Waals surface area contributed by atoms with Crippen molar-refractivity contribution in [2.45, 2.75) is 13.0 Å². The number of aromatic nitrogens is 1. The van der Waals surface area contributed by atoms with Crippen molar-refractivity contribution < 1.29 is 0 Å². The Bertz CT molecular complexity index is 416. The molecule has 1 aromatic carbocycles. The molecule has 0 aliphatic carbocycles. The van der Waals surface area contributed by atoms with E-state index in [1.54, 1.807) is 6.20 Å². The molecule has 1 aromatic heterocycles. The number of nitrogens with zero attached hydrogens (tertiary/aromatic N) is 1. The lowest BCUT2D eigenvalue weighted by Gasteiger charge is -2.08. The lowest BCUT2D eigenvalue weighted by Crippen LogP contribution is -2.05. The summed E-state index contributed by atoms with van der Waals surface area (Å²) >= 11 is 0. The topological polar surface area (TPSA) is 38.9 Å². The largest absolute Gasteiger partial charge is 0.324 e. The van der Waals surface area contributed by atoms with Gasteiger partial charge < -0.3 is 5.73 Å². The molecule has 0 aliphatic rings. The van der Waals surface area contributed by atoms with E-state index in [1.165, 1.54) is 10.9 Å². The van der Waals surface area contributed by atoms with E-state index in [9.17, 15) is 0 Å². The number of rotatable bonds is 1. The van der Waals surface area contributed by atoms with Crippen molar-refractivity contribution in [2.75, 3.05) is 0 Å². The molecular formula is C11H12N2. The highest BCUT2D eigenvalue weighted by Gasteiger charge is 2.03. The first kappa shape index (κ1) is 8.20. The van der Waals surface area contributed by atoms with Gasteiger partial charge in [0.25, 0.3) is 0 Å². The molecule has 0 fully saturated rings. The van der Waals surface area contributed by atoms with Crippen LogP contribution in [0.15, 0.2) is 36.7 Å². The van der Waals surface area contributed by atoms with E-state index in [0.717, 1.165) is 5.39 Å². The molecule has 1 heterocycles. The Morgan fingerprint density at radius 1 is 1.31 bits per heavy atom. The van der Waals surface area contributed by atoms with E-state index >= 15 is 0 Å².